The van der Waals surface area contributed by atoms with Crippen molar-refractivity contribution in [3.8, 4) is 5.75 Å². The van der Waals surface area contributed by atoms with Gasteiger partial charge in [0.2, 0.25) is 0 Å². The summed E-state index contributed by atoms with van der Waals surface area (Å²) in [6.07, 6.45) is 4.20. The van der Waals surface area contributed by atoms with Gasteiger partial charge in [-0.25, -0.2) is 4.79 Å². The van der Waals surface area contributed by atoms with Crippen molar-refractivity contribution in [3.05, 3.63) is 101 Å². The number of hydrogen-bond donors (Lipinski definition) is 3. The van der Waals surface area contributed by atoms with Crippen LogP contribution in [0.1, 0.15) is 73.3 Å². The third kappa shape index (κ3) is 4.15. The van der Waals surface area contributed by atoms with Crippen molar-refractivity contribution in [2.75, 3.05) is 6.61 Å². The number of ether oxygens (including phenoxy) is 1. The van der Waals surface area contributed by atoms with Crippen molar-refractivity contribution < 1.29 is 14.6 Å². The van der Waals surface area contributed by atoms with Gasteiger partial charge in [-0.15, -0.1) is 0 Å². The first-order valence-electron chi connectivity index (χ1n) is 12.5. The molecule has 3 N–H and O–H groups in total. The van der Waals surface area contributed by atoms with Crippen LogP contribution >= 0.6 is 0 Å². The molecule has 5 nitrogen and oxygen atoms in total. The van der Waals surface area contributed by atoms with Gasteiger partial charge in [0.05, 0.1) is 0 Å². The molecular formula is C31H32N2O3. The molecule has 2 aromatic heterocycles. The zero-order chi connectivity index (χ0) is 25.4. The topological polar surface area (TPSA) is 78.1 Å². The smallest absolute Gasteiger partial charge is 0.341 e. The minimum absolute atomic E-state index is 0.165. The maximum Gasteiger partial charge on any atom is 0.341 e. The van der Waals surface area contributed by atoms with E-state index in [9.17, 15) is 9.90 Å². The molecule has 184 valence electrons. The van der Waals surface area contributed by atoms with Gasteiger partial charge in [0.15, 0.2) is 6.61 Å². The second-order valence-electron chi connectivity index (χ2n) is 9.99. The van der Waals surface area contributed by atoms with Gasteiger partial charge in [-0.05, 0) is 40.2 Å². The number of aliphatic carboxylic acids is 1. The Morgan fingerprint density at radius 3 is 1.72 bits per heavy atom. The normalized spacial score (nSPS) is 11.9. The maximum atomic E-state index is 11.3. The number of aromatic nitrogens is 2. The number of H-pyrrole nitrogens is 2. The van der Waals surface area contributed by atoms with Crippen LogP contribution in [-0.4, -0.2) is 27.7 Å². The first-order valence-corrected chi connectivity index (χ1v) is 12.5. The molecule has 0 fully saturated rings. The summed E-state index contributed by atoms with van der Waals surface area (Å²) in [5.41, 5.74) is 8.02. The van der Waals surface area contributed by atoms with E-state index in [1.54, 1.807) is 0 Å². The van der Waals surface area contributed by atoms with E-state index in [2.05, 4.69) is 86.5 Å². The summed E-state index contributed by atoms with van der Waals surface area (Å²) >= 11 is 0. The lowest BCUT2D eigenvalue weighted by molar-refractivity contribution is -0.139. The molecule has 0 radical (unpaired) electrons. The molecule has 0 spiro atoms. The minimum Gasteiger partial charge on any atom is -0.482 e. The van der Waals surface area contributed by atoms with Crippen molar-refractivity contribution in [2.24, 2.45) is 0 Å². The highest BCUT2D eigenvalue weighted by molar-refractivity contribution is 5.92. The molecule has 0 bridgehead atoms. The van der Waals surface area contributed by atoms with E-state index < -0.39 is 5.97 Å². The summed E-state index contributed by atoms with van der Waals surface area (Å²) in [4.78, 5) is 18.4. The third-order valence-electron chi connectivity index (χ3n) is 7.01. The summed E-state index contributed by atoms with van der Waals surface area (Å²) in [7, 11) is 0. The lowest BCUT2D eigenvalue weighted by atomic mass is 9.83. The number of aromatic amines is 2. The third-order valence-corrected chi connectivity index (χ3v) is 7.01. The Morgan fingerprint density at radius 1 is 0.722 bits per heavy atom. The van der Waals surface area contributed by atoms with Gasteiger partial charge in [-0.2, -0.15) is 0 Å². The van der Waals surface area contributed by atoms with E-state index in [1.807, 2.05) is 24.3 Å². The predicted octanol–water partition coefficient (Wildman–Crippen LogP) is 7.54. The molecule has 5 aromatic rings. The molecule has 0 aliphatic heterocycles. The van der Waals surface area contributed by atoms with Gasteiger partial charge < -0.3 is 19.8 Å². The van der Waals surface area contributed by atoms with Crippen LogP contribution in [0.3, 0.4) is 0 Å². The predicted molar refractivity (Wildman–Crippen MR) is 145 cm³/mol. The molecule has 0 saturated carbocycles. The number of fused-ring (bicyclic) bond motifs is 2. The number of carboxylic acid groups (broad SMARTS) is 1. The average molecular weight is 481 g/mol. The van der Waals surface area contributed by atoms with Crippen molar-refractivity contribution >= 4 is 27.8 Å². The molecule has 0 aliphatic rings. The number of para-hydroxylation sites is 3. The fraction of sp³-hybridized carbons (Fsp3) is 0.258. The number of benzene rings is 3. The SMILES string of the molecule is CC(C)c1cccc2c(C(c3ccccc3OCC(=O)O)c3c[nH]c4c(C(C)C)cccc34)c[nH]c12. The molecule has 0 atom stereocenters. The molecule has 5 heteroatoms. The van der Waals surface area contributed by atoms with E-state index in [0.29, 0.717) is 17.6 Å². The first-order chi connectivity index (χ1) is 17.4. The maximum absolute atomic E-state index is 11.3. The summed E-state index contributed by atoms with van der Waals surface area (Å²) < 4.78 is 5.80. The van der Waals surface area contributed by atoms with Crippen LogP contribution in [0.2, 0.25) is 0 Å². The second-order valence-corrected chi connectivity index (χ2v) is 9.99. The fourth-order valence-corrected chi connectivity index (χ4v) is 5.33. The van der Waals surface area contributed by atoms with Crippen LogP contribution in [-0.2, 0) is 4.79 Å². The van der Waals surface area contributed by atoms with Crippen LogP contribution in [0, 0.1) is 0 Å². The summed E-state index contributed by atoms with van der Waals surface area (Å²) in [6, 6.07) is 20.7. The number of carbonyl (C=O) groups is 1. The molecule has 0 aliphatic carbocycles. The number of carboxylic acids is 1. The minimum atomic E-state index is -0.997. The summed E-state index contributed by atoms with van der Waals surface area (Å²) in [5, 5.41) is 11.6. The van der Waals surface area contributed by atoms with Crippen LogP contribution in [0.15, 0.2) is 73.1 Å². The molecule has 3 aromatic carbocycles. The Labute approximate surface area is 211 Å². The van der Waals surface area contributed by atoms with Crippen molar-refractivity contribution in [3.63, 3.8) is 0 Å². The summed E-state index contributed by atoms with van der Waals surface area (Å²) in [5.74, 6) is 0.178. The van der Waals surface area contributed by atoms with Crippen molar-refractivity contribution in [1.82, 2.24) is 9.97 Å². The van der Waals surface area contributed by atoms with Crippen LogP contribution < -0.4 is 4.74 Å². The quantitative estimate of drug-likeness (QED) is 0.215. The zero-order valence-electron chi connectivity index (χ0n) is 21.1. The standard InChI is InChI=1S/C31H32N2O3/c1-18(2)20-10-7-12-22-25(15-32-30(20)22)29(24-9-5-6-14-27(24)36-17-28(34)35)26-16-33-31-21(19(3)4)11-8-13-23(26)31/h5-16,18-19,29,32-33H,17H2,1-4H3,(H,34,35). The molecule has 0 saturated heterocycles. The van der Waals surface area contributed by atoms with Gasteiger partial charge in [0.25, 0.3) is 0 Å². The first kappa shape index (κ1) is 23.7. The molecule has 36 heavy (non-hydrogen) atoms. The molecule has 0 unspecified atom stereocenters. The van der Waals surface area contributed by atoms with E-state index >= 15 is 0 Å². The largest absolute Gasteiger partial charge is 0.482 e. The second kappa shape index (κ2) is 9.57. The molecule has 2 heterocycles. The number of rotatable bonds is 8. The van der Waals surface area contributed by atoms with Crippen LogP contribution in [0.4, 0.5) is 0 Å². The Kier molecular flexibility index (Phi) is 6.31. The molecule has 5 rings (SSSR count). The Morgan fingerprint density at radius 2 is 1.22 bits per heavy atom. The lowest BCUT2D eigenvalue weighted by Gasteiger charge is -2.21. The zero-order valence-corrected chi connectivity index (χ0v) is 21.1. The molecule has 0 amide bonds. The van der Waals surface area contributed by atoms with E-state index in [1.165, 1.54) is 11.1 Å². The highest BCUT2D eigenvalue weighted by Crippen LogP contribution is 2.44. The van der Waals surface area contributed by atoms with E-state index in [4.69, 9.17) is 4.74 Å². The highest BCUT2D eigenvalue weighted by Gasteiger charge is 2.27. The Hall–Kier alpha value is -3.99. The van der Waals surface area contributed by atoms with E-state index in [-0.39, 0.29) is 12.5 Å². The van der Waals surface area contributed by atoms with E-state index in [0.717, 1.165) is 38.5 Å². The van der Waals surface area contributed by atoms with Crippen LogP contribution in [0.25, 0.3) is 21.8 Å². The monoisotopic (exact) mass is 480 g/mol. The van der Waals surface area contributed by atoms with Gasteiger partial charge in [0, 0.05) is 45.7 Å². The van der Waals surface area contributed by atoms with Gasteiger partial charge >= 0.3 is 5.97 Å². The van der Waals surface area contributed by atoms with Gasteiger partial charge in [0.1, 0.15) is 5.75 Å². The van der Waals surface area contributed by atoms with Crippen LogP contribution in [0.5, 0.6) is 5.75 Å². The fourth-order valence-electron chi connectivity index (χ4n) is 5.33. The van der Waals surface area contributed by atoms with Crippen molar-refractivity contribution in [1.29, 1.82) is 0 Å². The summed E-state index contributed by atoms with van der Waals surface area (Å²) in [6.45, 7) is 8.42. The van der Waals surface area contributed by atoms with Crippen molar-refractivity contribution in [2.45, 2.75) is 45.4 Å². The highest BCUT2D eigenvalue weighted by atomic mass is 16.5. The Balaban J connectivity index is 1.79. The number of nitrogens with one attached hydrogen (secondary N) is 2. The number of hydrogen-bond acceptors (Lipinski definition) is 2. The van der Waals surface area contributed by atoms with Gasteiger partial charge in [-0.3, -0.25) is 0 Å². The Bertz CT molecular complexity index is 1450. The lowest BCUT2D eigenvalue weighted by Crippen LogP contribution is -2.12. The average Bonchev–Trinajstić information content (AvgIpc) is 3.48. The molecular weight excluding hydrogens is 448 g/mol. The van der Waals surface area contributed by atoms with Gasteiger partial charge in [-0.1, -0.05) is 82.3 Å².